The fourth-order valence-electron chi connectivity index (χ4n) is 3.43. The van der Waals surface area contributed by atoms with Crippen LogP contribution in [0.15, 0.2) is 65.2 Å². The molecule has 1 heterocycles. The quantitative estimate of drug-likeness (QED) is 0.434. The molecule has 32 heavy (non-hydrogen) atoms. The third-order valence-electron chi connectivity index (χ3n) is 4.83. The lowest BCUT2D eigenvalue weighted by Gasteiger charge is -2.21. The predicted octanol–water partition coefficient (Wildman–Crippen LogP) is 5.50. The molecule has 3 aromatic carbocycles. The van der Waals surface area contributed by atoms with Gasteiger partial charge in [-0.05, 0) is 60.0 Å². The molecule has 164 valence electrons. The number of ether oxygens (including phenoxy) is 1. The summed E-state index contributed by atoms with van der Waals surface area (Å²) in [7, 11) is 0. The van der Waals surface area contributed by atoms with Crippen molar-refractivity contribution in [2.24, 2.45) is 5.73 Å². The Kier molecular flexibility index (Phi) is 5.13. The van der Waals surface area contributed by atoms with Crippen molar-refractivity contribution >= 4 is 34.2 Å². The third kappa shape index (κ3) is 4.02. The Morgan fingerprint density at radius 2 is 1.59 bits per heavy atom. The monoisotopic (exact) mass is 442 g/mol. The summed E-state index contributed by atoms with van der Waals surface area (Å²) in [6.07, 6.45) is -4.81. The molecule has 2 amide bonds. The maximum atomic E-state index is 12.4. The van der Waals surface area contributed by atoms with Gasteiger partial charge >= 0.3 is 12.4 Å². The number of amides is 2. The number of benzene rings is 3. The Labute approximate surface area is 179 Å². The first-order valence-corrected chi connectivity index (χ1v) is 9.34. The summed E-state index contributed by atoms with van der Waals surface area (Å²) in [5, 5.41) is 4.52. The van der Waals surface area contributed by atoms with Gasteiger partial charge in [0.1, 0.15) is 5.75 Å². The Bertz CT molecular complexity index is 1280. The second kappa shape index (κ2) is 7.80. The molecule has 0 aliphatic heterocycles. The van der Waals surface area contributed by atoms with Crippen molar-refractivity contribution in [2.75, 3.05) is 10.6 Å². The van der Waals surface area contributed by atoms with Gasteiger partial charge in [-0.1, -0.05) is 29.4 Å². The Morgan fingerprint density at radius 1 is 1.00 bits per heavy atom. The van der Waals surface area contributed by atoms with Crippen molar-refractivity contribution in [3.63, 3.8) is 0 Å². The molecular weight excluding hydrogens is 425 g/mol. The van der Waals surface area contributed by atoms with Crippen LogP contribution in [-0.2, 0) is 0 Å². The lowest BCUT2D eigenvalue weighted by molar-refractivity contribution is -0.274. The number of nitrogen functional groups attached to an aromatic ring is 1. The fourth-order valence-corrected chi connectivity index (χ4v) is 3.43. The van der Waals surface area contributed by atoms with E-state index in [2.05, 4.69) is 9.89 Å². The number of hydrogen-bond donors (Lipinski definition) is 2. The number of aromatic nitrogens is 1. The molecule has 1 aromatic heterocycles. The van der Waals surface area contributed by atoms with E-state index in [-0.39, 0.29) is 11.5 Å². The Hall–Kier alpha value is -4.21. The van der Waals surface area contributed by atoms with Gasteiger partial charge in [0, 0.05) is 0 Å². The zero-order chi connectivity index (χ0) is 23.0. The Balaban J connectivity index is 1.67. The van der Waals surface area contributed by atoms with Gasteiger partial charge in [-0.15, -0.1) is 13.2 Å². The zero-order valence-electron chi connectivity index (χ0n) is 16.7. The predicted molar refractivity (Wildman–Crippen MR) is 113 cm³/mol. The van der Waals surface area contributed by atoms with E-state index >= 15 is 0 Å². The van der Waals surface area contributed by atoms with E-state index in [1.165, 1.54) is 17.0 Å². The minimum absolute atomic E-state index is 0.266. The number of aryl methyl sites for hydroxylation is 1. The number of carbonyl (C=O) groups is 1. The highest BCUT2D eigenvalue weighted by atomic mass is 19.4. The molecule has 0 aliphatic carbocycles. The summed E-state index contributed by atoms with van der Waals surface area (Å²) in [4.78, 5) is 13.3. The van der Waals surface area contributed by atoms with E-state index in [0.717, 1.165) is 28.8 Å². The summed E-state index contributed by atoms with van der Waals surface area (Å²) in [5.41, 5.74) is 15.3. The van der Waals surface area contributed by atoms with Gasteiger partial charge in [0.25, 0.3) is 0 Å². The third-order valence-corrected chi connectivity index (χ3v) is 4.83. The van der Waals surface area contributed by atoms with Crippen molar-refractivity contribution in [1.29, 1.82) is 0 Å². The van der Waals surface area contributed by atoms with Crippen molar-refractivity contribution in [3.05, 3.63) is 66.2 Å². The van der Waals surface area contributed by atoms with Crippen LogP contribution in [0.25, 0.3) is 22.1 Å². The molecular formula is C22H17F3N4O3. The average Bonchev–Trinajstić information content (AvgIpc) is 3.12. The number of anilines is 3. The number of alkyl halides is 3. The van der Waals surface area contributed by atoms with Crippen molar-refractivity contribution in [2.45, 2.75) is 13.3 Å². The molecule has 4 N–H and O–H groups in total. The molecule has 0 atom stereocenters. The van der Waals surface area contributed by atoms with E-state index < -0.39 is 18.1 Å². The summed E-state index contributed by atoms with van der Waals surface area (Å²) < 4.78 is 46.3. The van der Waals surface area contributed by atoms with E-state index in [9.17, 15) is 18.0 Å². The molecule has 4 aromatic rings. The van der Waals surface area contributed by atoms with E-state index in [1.54, 1.807) is 24.3 Å². The topological polar surface area (TPSA) is 108 Å². The summed E-state index contributed by atoms with van der Waals surface area (Å²) in [6.45, 7) is 1.88. The highest BCUT2D eigenvalue weighted by Crippen LogP contribution is 2.36. The molecule has 0 radical (unpaired) electrons. The van der Waals surface area contributed by atoms with Gasteiger partial charge < -0.3 is 20.7 Å². The fraction of sp³-hybridized carbons (Fsp3) is 0.0909. The number of nitrogens with zero attached hydrogens (tertiary/aromatic N) is 2. The molecule has 0 bridgehead atoms. The van der Waals surface area contributed by atoms with Crippen LogP contribution in [0.4, 0.5) is 35.2 Å². The maximum absolute atomic E-state index is 12.4. The summed E-state index contributed by atoms with van der Waals surface area (Å²) >= 11 is 0. The number of urea groups is 1. The number of carbonyl (C=O) groups excluding carboxylic acids is 1. The maximum Gasteiger partial charge on any atom is 0.573 e. The number of primary amides is 1. The highest BCUT2D eigenvalue weighted by Gasteiger charge is 2.31. The first kappa shape index (κ1) is 21.0. The van der Waals surface area contributed by atoms with Crippen molar-refractivity contribution in [3.8, 4) is 16.9 Å². The largest absolute Gasteiger partial charge is 0.573 e. The standard InChI is InChI=1S/C22H17F3N4O3/c1-12-2-11-17(18-19(12)32-28-20(18)26)13-3-5-14(6-4-13)29(21(27)30)15-7-9-16(10-8-15)31-22(23,24)25/h2-11H,1H3,(H2,26,28)(H2,27,30). The minimum atomic E-state index is -4.81. The molecule has 0 fully saturated rings. The Morgan fingerprint density at radius 3 is 2.16 bits per heavy atom. The average molecular weight is 442 g/mol. The van der Waals surface area contributed by atoms with Crippen molar-refractivity contribution < 1.29 is 27.2 Å². The molecule has 4 rings (SSSR count). The molecule has 7 nitrogen and oxygen atoms in total. The lowest BCUT2D eigenvalue weighted by atomic mass is 9.99. The van der Waals surface area contributed by atoms with Gasteiger partial charge in [-0.25, -0.2) is 4.79 Å². The SMILES string of the molecule is Cc1ccc(-c2ccc(N(C(N)=O)c3ccc(OC(F)(F)F)cc3)cc2)c2c(N)noc12. The van der Waals surface area contributed by atoms with Gasteiger partial charge in [0.15, 0.2) is 11.4 Å². The first-order chi connectivity index (χ1) is 15.1. The van der Waals surface area contributed by atoms with Crippen LogP contribution in [0.1, 0.15) is 5.56 Å². The van der Waals surface area contributed by atoms with Crippen LogP contribution in [0.5, 0.6) is 5.75 Å². The first-order valence-electron chi connectivity index (χ1n) is 9.34. The van der Waals surface area contributed by atoms with E-state index in [4.69, 9.17) is 16.0 Å². The lowest BCUT2D eigenvalue weighted by Crippen LogP contribution is -2.31. The van der Waals surface area contributed by atoms with E-state index in [1.807, 2.05) is 19.1 Å². The van der Waals surface area contributed by atoms with Crippen LogP contribution in [0, 0.1) is 6.92 Å². The van der Waals surface area contributed by atoms with Crippen LogP contribution < -0.4 is 21.1 Å². The van der Waals surface area contributed by atoms with Gasteiger partial charge in [-0.2, -0.15) is 0 Å². The minimum Gasteiger partial charge on any atom is -0.406 e. The number of nitrogens with two attached hydrogens (primary N) is 2. The van der Waals surface area contributed by atoms with Gasteiger partial charge in [0.2, 0.25) is 0 Å². The molecule has 0 unspecified atom stereocenters. The number of halogens is 3. The number of rotatable bonds is 4. The van der Waals surface area contributed by atoms with E-state index in [0.29, 0.717) is 16.7 Å². The van der Waals surface area contributed by atoms with Gasteiger partial charge in [-0.3, -0.25) is 4.90 Å². The van der Waals surface area contributed by atoms with Crippen LogP contribution in [0.3, 0.4) is 0 Å². The smallest absolute Gasteiger partial charge is 0.406 e. The van der Waals surface area contributed by atoms with Crippen LogP contribution >= 0.6 is 0 Å². The van der Waals surface area contributed by atoms with Crippen LogP contribution in [-0.4, -0.2) is 17.6 Å². The molecule has 0 spiro atoms. The normalized spacial score (nSPS) is 11.5. The highest BCUT2D eigenvalue weighted by molar-refractivity contribution is 6.02. The zero-order valence-corrected chi connectivity index (χ0v) is 16.7. The number of hydrogen-bond acceptors (Lipinski definition) is 5. The molecule has 10 heteroatoms. The molecule has 0 aliphatic rings. The van der Waals surface area contributed by atoms with Crippen LogP contribution in [0.2, 0.25) is 0 Å². The molecule has 0 saturated carbocycles. The number of fused-ring (bicyclic) bond motifs is 1. The second-order valence-corrected chi connectivity index (χ2v) is 6.96. The second-order valence-electron chi connectivity index (χ2n) is 6.96. The van der Waals surface area contributed by atoms with Gasteiger partial charge in [0.05, 0.1) is 16.8 Å². The summed E-state index contributed by atoms with van der Waals surface area (Å²) in [5.74, 6) is -0.140. The van der Waals surface area contributed by atoms with Crippen molar-refractivity contribution in [1.82, 2.24) is 5.16 Å². The summed E-state index contributed by atoms with van der Waals surface area (Å²) in [6, 6.07) is 14.7. The molecule has 0 saturated heterocycles.